The molecular formula is C26H26F2N4. The third kappa shape index (κ3) is 4.27. The number of halogens is 2. The maximum absolute atomic E-state index is 14.1. The van der Waals surface area contributed by atoms with Gasteiger partial charge in [0.05, 0.1) is 11.6 Å². The molecule has 2 aliphatic heterocycles. The van der Waals surface area contributed by atoms with E-state index in [9.17, 15) is 8.78 Å². The second kappa shape index (κ2) is 9.15. The molecule has 5 rings (SSSR count). The highest BCUT2D eigenvalue weighted by atomic mass is 19.1. The Morgan fingerprint density at radius 3 is 2.09 bits per heavy atom. The van der Waals surface area contributed by atoms with Gasteiger partial charge in [-0.25, -0.2) is 18.7 Å². The molecule has 4 nitrogen and oxygen atoms in total. The molecule has 1 saturated heterocycles. The molecule has 1 fully saturated rings. The van der Waals surface area contributed by atoms with Crippen LogP contribution >= 0.6 is 0 Å². The van der Waals surface area contributed by atoms with E-state index in [1.807, 2.05) is 36.7 Å². The molecule has 1 unspecified atom stereocenters. The fourth-order valence-electron chi connectivity index (χ4n) is 4.60. The summed E-state index contributed by atoms with van der Waals surface area (Å²) in [6.07, 6.45) is 10.0. The lowest BCUT2D eigenvalue weighted by molar-refractivity contribution is 0.578. The first-order valence-electron chi connectivity index (χ1n) is 11.4. The first-order valence-corrected chi connectivity index (χ1v) is 11.4. The standard InChI is InChI=1S/C26H26F2N4/c27-21-6-5-7-22(28)25(21)24-13-12-23(31-24)19-10-8-18(9-11-19)20-16-29-26(30-17-20)32-14-3-1-2-4-15-32/h5-11,16-17,23H,1-4,12-15H2. The van der Waals surface area contributed by atoms with Crippen molar-refractivity contribution in [3.05, 3.63) is 77.6 Å². The molecule has 1 aromatic heterocycles. The van der Waals surface area contributed by atoms with E-state index >= 15 is 0 Å². The number of benzene rings is 2. The molecule has 164 valence electrons. The molecule has 3 heterocycles. The predicted octanol–water partition coefficient (Wildman–Crippen LogP) is 6.13. The molecule has 2 aliphatic rings. The summed E-state index contributed by atoms with van der Waals surface area (Å²) in [4.78, 5) is 16.1. The largest absolute Gasteiger partial charge is 0.341 e. The molecule has 32 heavy (non-hydrogen) atoms. The van der Waals surface area contributed by atoms with Crippen molar-refractivity contribution in [2.75, 3.05) is 18.0 Å². The molecular weight excluding hydrogens is 406 g/mol. The van der Waals surface area contributed by atoms with Gasteiger partial charge in [0.15, 0.2) is 0 Å². The third-order valence-electron chi connectivity index (χ3n) is 6.37. The summed E-state index contributed by atoms with van der Waals surface area (Å²) >= 11 is 0. The zero-order valence-corrected chi connectivity index (χ0v) is 18.0. The van der Waals surface area contributed by atoms with E-state index in [0.29, 0.717) is 12.1 Å². The number of rotatable bonds is 4. The second-order valence-corrected chi connectivity index (χ2v) is 8.52. The van der Waals surface area contributed by atoms with E-state index in [4.69, 9.17) is 0 Å². The van der Waals surface area contributed by atoms with Gasteiger partial charge in [-0.3, -0.25) is 4.99 Å². The van der Waals surface area contributed by atoms with Crippen LogP contribution in [-0.4, -0.2) is 28.8 Å². The fourth-order valence-corrected chi connectivity index (χ4v) is 4.60. The van der Waals surface area contributed by atoms with Crippen molar-refractivity contribution >= 4 is 11.7 Å². The van der Waals surface area contributed by atoms with E-state index < -0.39 is 11.6 Å². The normalized spacial score (nSPS) is 19.0. The zero-order chi connectivity index (χ0) is 21.9. The van der Waals surface area contributed by atoms with Gasteiger partial charge in [0, 0.05) is 36.8 Å². The van der Waals surface area contributed by atoms with Gasteiger partial charge >= 0.3 is 0 Å². The topological polar surface area (TPSA) is 41.4 Å². The number of nitrogens with zero attached hydrogens (tertiary/aromatic N) is 4. The highest BCUT2D eigenvalue weighted by molar-refractivity contribution is 6.02. The van der Waals surface area contributed by atoms with Crippen molar-refractivity contribution in [2.24, 2.45) is 4.99 Å². The number of anilines is 1. The summed E-state index contributed by atoms with van der Waals surface area (Å²) in [5.41, 5.74) is 3.57. The van der Waals surface area contributed by atoms with Gasteiger partial charge in [0.25, 0.3) is 0 Å². The fraction of sp³-hybridized carbons (Fsp3) is 0.346. The maximum atomic E-state index is 14.1. The minimum atomic E-state index is -0.552. The molecule has 0 amide bonds. The molecule has 2 aromatic carbocycles. The highest BCUT2D eigenvalue weighted by Gasteiger charge is 2.24. The Hall–Kier alpha value is -3.15. The lowest BCUT2D eigenvalue weighted by Crippen LogP contribution is -2.25. The Balaban J connectivity index is 1.31. The van der Waals surface area contributed by atoms with Gasteiger partial charge in [0.1, 0.15) is 11.6 Å². The van der Waals surface area contributed by atoms with Crippen LogP contribution in [0.4, 0.5) is 14.7 Å². The van der Waals surface area contributed by atoms with Crippen molar-refractivity contribution in [3.63, 3.8) is 0 Å². The van der Waals surface area contributed by atoms with Crippen LogP contribution in [0.25, 0.3) is 11.1 Å². The lowest BCUT2D eigenvalue weighted by atomic mass is 10.0. The first-order chi connectivity index (χ1) is 15.7. The van der Waals surface area contributed by atoms with Crippen molar-refractivity contribution in [1.29, 1.82) is 0 Å². The molecule has 1 atom stereocenters. The van der Waals surface area contributed by atoms with E-state index in [2.05, 4.69) is 19.9 Å². The van der Waals surface area contributed by atoms with Gasteiger partial charge in [-0.1, -0.05) is 43.2 Å². The van der Waals surface area contributed by atoms with Gasteiger partial charge in [-0.05, 0) is 48.9 Å². The number of aromatic nitrogens is 2. The highest BCUT2D eigenvalue weighted by Crippen LogP contribution is 2.33. The minimum absolute atomic E-state index is 0.00765. The van der Waals surface area contributed by atoms with Crippen molar-refractivity contribution in [1.82, 2.24) is 9.97 Å². The van der Waals surface area contributed by atoms with Crippen LogP contribution < -0.4 is 4.90 Å². The second-order valence-electron chi connectivity index (χ2n) is 8.52. The zero-order valence-electron chi connectivity index (χ0n) is 18.0. The van der Waals surface area contributed by atoms with E-state index in [1.165, 1.54) is 43.9 Å². The summed E-state index contributed by atoms with van der Waals surface area (Å²) in [5, 5.41) is 0. The summed E-state index contributed by atoms with van der Waals surface area (Å²) in [6, 6.07) is 12.0. The van der Waals surface area contributed by atoms with Crippen molar-refractivity contribution in [3.8, 4) is 11.1 Å². The Kier molecular flexibility index (Phi) is 5.93. The summed E-state index contributed by atoms with van der Waals surface area (Å²) < 4.78 is 28.2. The van der Waals surface area contributed by atoms with Gasteiger partial charge < -0.3 is 4.90 Å². The van der Waals surface area contributed by atoms with Crippen LogP contribution in [0.1, 0.15) is 55.7 Å². The van der Waals surface area contributed by atoms with E-state index in [-0.39, 0.29) is 11.6 Å². The van der Waals surface area contributed by atoms with Crippen LogP contribution in [0.3, 0.4) is 0 Å². The van der Waals surface area contributed by atoms with Crippen molar-refractivity contribution < 1.29 is 8.78 Å². The van der Waals surface area contributed by atoms with E-state index in [0.717, 1.165) is 42.1 Å². The quantitative estimate of drug-likeness (QED) is 0.498. The average Bonchev–Trinajstić information content (AvgIpc) is 3.13. The van der Waals surface area contributed by atoms with Crippen molar-refractivity contribution in [2.45, 2.75) is 44.6 Å². The first kappa shape index (κ1) is 20.7. The van der Waals surface area contributed by atoms with Crippen LogP contribution in [0.5, 0.6) is 0 Å². The summed E-state index contributed by atoms with van der Waals surface area (Å²) in [6.45, 7) is 2.05. The van der Waals surface area contributed by atoms with E-state index in [1.54, 1.807) is 0 Å². The lowest BCUT2D eigenvalue weighted by Gasteiger charge is -2.19. The van der Waals surface area contributed by atoms with Crippen LogP contribution in [0, 0.1) is 11.6 Å². The number of hydrogen-bond donors (Lipinski definition) is 0. The molecule has 0 spiro atoms. The SMILES string of the molecule is Fc1cccc(F)c1C1=NC(c2ccc(-c3cnc(N4CCCCCC4)nc3)cc2)CC1. The van der Waals surface area contributed by atoms with Crippen LogP contribution in [-0.2, 0) is 0 Å². The Morgan fingerprint density at radius 1 is 0.781 bits per heavy atom. The van der Waals surface area contributed by atoms with Gasteiger partial charge in [0.2, 0.25) is 5.95 Å². The molecule has 0 saturated carbocycles. The number of aliphatic imine (C=N–C) groups is 1. The molecule has 0 aliphatic carbocycles. The Labute approximate surface area is 187 Å². The predicted molar refractivity (Wildman–Crippen MR) is 123 cm³/mol. The smallest absolute Gasteiger partial charge is 0.225 e. The third-order valence-corrected chi connectivity index (χ3v) is 6.37. The average molecular weight is 433 g/mol. The monoisotopic (exact) mass is 432 g/mol. The number of hydrogen-bond acceptors (Lipinski definition) is 4. The minimum Gasteiger partial charge on any atom is -0.341 e. The van der Waals surface area contributed by atoms with Gasteiger partial charge in [-0.2, -0.15) is 0 Å². The molecule has 6 heteroatoms. The summed E-state index contributed by atoms with van der Waals surface area (Å²) in [5.74, 6) is -0.299. The van der Waals surface area contributed by atoms with Crippen LogP contribution in [0.15, 0.2) is 59.9 Å². The Bertz CT molecular complexity index is 1080. The van der Waals surface area contributed by atoms with Crippen LogP contribution in [0.2, 0.25) is 0 Å². The molecule has 3 aromatic rings. The molecule has 0 N–H and O–H groups in total. The maximum Gasteiger partial charge on any atom is 0.225 e. The Morgan fingerprint density at radius 2 is 1.44 bits per heavy atom. The van der Waals surface area contributed by atoms with Gasteiger partial charge in [-0.15, -0.1) is 0 Å². The summed E-state index contributed by atoms with van der Waals surface area (Å²) in [7, 11) is 0. The molecule has 0 bridgehead atoms. The molecule has 0 radical (unpaired) electrons.